The van der Waals surface area contributed by atoms with E-state index in [0.717, 1.165) is 4.88 Å². The molecule has 0 amide bonds. The Morgan fingerprint density at radius 1 is 1.64 bits per heavy atom. The Hall–Kier alpha value is 0.01000. The highest BCUT2D eigenvalue weighted by Crippen LogP contribution is 2.22. The molecule has 0 fully saturated rings. The number of carbonyl (C=O) groups excluding carboxylic acids is 1. The molecular weight excluding hydrogens is 200 g/mol. The van der Waals surface area contributed by atoms with Crippen LogP contribution >= 0.6 is 35.6 Å². The van der Waals surface area contributed by atoms with Crippen LogP contribution in [0, 0.1) is 0 Å². The van der Waals surface area contributed by atoms with Crippen molar-refractivity contribution in [3.05, 3.63) is 21.3 Å². The lowest BCUT2D eigenvalue weighted by atomic mass is 10.3. The van der Waals surface area contributed by atoms with Gasteiger partial charge in [0.1, 0.15) is 0 Å². The zero-order valence-electron chi connectivity index (χ0n) is 5.71. The smallest absolute Gasteiger partial charge is 0.173 e. The highest BCUT2D eigenvalue weighted by molar-refractivity contribution is 7.80. The van der Waals surface area contributed by atoms with Gasteiger partial charge in [0.25, 0.3) is 0 Å². The molecule has 0 saturated carbocycles. The first-order valence-corrected chi connectivity index (χ1v) is 4.96. The summed E-state index contributed by atoms with van der Waals surface area (Å²) in [6.45, 7) is 0. The van der Waals surface area contributed by atoms with Crippen LogP contribution in [0.25, 0.3) is 0 Å². The van der Waals surface area contributed by atoms with Gasteiger partial charge < -0.3 is 0 Å². The number of halogens is 1. The van der Waals surface area contributed by atoms with Gasteiger partial charge in [-0.25, -0.2) is 0 Å². The van der Waals surface area contributed by atoms with Crippen molar-refractivity contribution in [1.29, 1.82) is 0 Å². The third-order valence-electron chi connectivity index (χ3n) is 1.19. The molecule has 0 radical (unpaired) electrons. The standard InChI is InChI=1S/C7H7ClOS2/c8-7-2-1-6(11-7)5(9)3-4-10/h1-2,10H,3-4H2. The van der Waals surface area contributed by atoms with E-state index in [1.54, 1.807) is 12.1 Å². The molecule has 0 spiro atoms. The van der Waals surface area contributed by atoms with Crippen molar-refractivity contribution in [2.24, 2.45) is 0 Å². The van der Waals surface area contributed by atoms with Crippen molar-refractivity contribution < 1.29 is 4.79 Å². The molecule has 0 bridgehead atoms. The van der Waals surface area contributed by atoms with Gasteiger partial charge in [0.15, 0.2) is 5.78 Å². The number of hydrogen-bond acceptors (Lipinski definition) is 3. The molecule has 0 N–H and O–H groups in total. The molecule has 1 rings (SSSR count). The summed E-state index contributed by atoms with van der Waals surface area (Å²) in [5.41, 5.74) is 0. The number of rotatable bonds is 3. The number of thiol groups is 1. The zero-order valence-corrected chi connectivity index (χ0v) is 8.18. The molecule has 1 aromatic heterocycles. The van der Waals surface area contributed by atoms with Crippen LogP contribution in [0.5, 0.6) is 0 Å². The van der Waals surface area contributed by atoms with Crippen LogP contribution in [0.15, 0.2) is 12.1 Å². The average Bonchev–Trinajstić information content (AvgIpc) is 2.36. The molecule has 0 atom stereocenters. The Bertz CT molecular complexity index is 257. The lowest BCUT2D eigenvalue weighted by Gasteiger charge is -1.90. The van der Waals surface area contributed by atoms with Gasteiger partial charge in [-0.15, -0.1) is 11.3 Å². The minimum absolute atomic E-state index is 0.122. The van der Waals surface area contributed by atoms with E-state index in [2.05, 4.69) is 12.6 Å². The van der Waals surface area contributed by atoms with Gasteiger partial charge in [-0.1, -0.05) is 11.6 Å². The number of Topliss-reactive ketones (excluding diaryl/α,β-unsaturated/α-hetero) is 1. The van der Waals surface area contributed by atoms with E-state index in [1.807, 2.05) is 0 Å². The Kier molecular flexibility index (Phi) is 3.43. The van der Waals surface area contributed by atoms with Crippen LogP contribution in [0.4, 0.5) is 0 Å². The molecule has 1 nitrogen and oxygen atoms in total. The van der Waals surface area contributed by atoms with Crippen molar-refractivity contribution in [2.45, 2.75) is 6.42 Å². The fraction of sp³-hybridized carbons (Fsp3) is 0.286. The molecular formula is C7H7ClOS2. The van der Waals surface area contributed by atoms with Crippen LogP contribution in [-0.4, -0.2) is 11.5 Å². The summed E-state index contributed by atoms with van der Waals surface area (Å²) in [6.07, 6.45) is 0.486. The molecule has 0 saturated heterocycles. The van der Waals surface area contributed by atoms with Gasteiger partial charge in [0, 0.05) is 6.42 Å². The second kappa shape index (κ2) is 4.14. The average molecular weight is 207 g/mol. The summed E-state index contributed by atoms with van der Waals surface area (Å²) in [5, 5.41) is 0. The van der Waals surface area contributed by atoms with Crippen LogP contribution < -0.4 is 0 Å². The van der Waals surface area contributed by atoms with Gasteiger partial charge >= 0.3 is 0 Å². The molecule has 60 valence electrons. The third kappa shape index (κ3) is 2.51. The number of hydrogen-bond donors (Lipinski definition) is 1. The van der Waals surface area contributed by atoms with Gasteiger partial charge in [0.05, 0.1) is 9.21 Å². The molecule has 1 aromatic rings. The maximum Gasteiger partial charge on any atom is 0.173 e. The third-order valence-corrected chi connectivity index (χ3v) is 2.68. The molecule has 0 aliphatic carbocycles. The number of ketones is 1. The van der Waals surface area contributed by atoms with Crippen LogP contribution in [0.3, 0.4) is 0 Å². The van der Waals surface area contributed by atoms with Crippen molar-refractivity contribution >= 4 is 41.3 Å². The first-order chi connectivity index (χ1) is 5.24. The van der Waals surface area contributed by atoms with E-state index in [-0.39, 0.29) is 5.78 Å². The molecule has 11 heavy (non-hydrogen) atoms. The summed E-state index contributed by atoms with van der Waals surface area (Å²) >= 11 is 10.9. The van der Waals surface area contributed by atoms with Crippen molar-refractivity contribution in [3.8, 4) is 0 Å². The molecule has 1 heterocycles. The van der Waals surface area contributed by atoms with Crippen molar-refractivity contribution in [1.82, 2.24) is 0 Å². The molecule has 0 aliphatic rings. The Morgan fingerprint density at radius 3 is 2.82 bits per heavy atom. The fourth-order valence-electron chi connectivity index (χ4n) is 0.689. The topological polar surface area (TPSA) is 17.1 Å². The Morgan fingerprint density at radius 2 is 2.36 bits per heavy atom. The highest BCUT2D eigenvalue weighted by Gasteiger charge is 2.06. The van der Waals surface area contributed by atoms with E-state index in [9.17, 15) is 4.79 Å². The van der Waals surface area contributed by atoms with E-state index >= 15 is 0 Å². The summed E-state index contributed by atoms with van der Waals surface area (Å²) in [4.78, 5) is 11.9. The maximum atomic E-state index is 11.2. The summed E-state index contributed by atoms with van der Waals surface area (Å²) < 4.78 is 0.660. The van der Waals surface area contributed by atoms with E-state index in [4.69, 9.17) is 11.6 Å². The van der Waals surface area contributed by atoms with Crippen molar-refractivity contribution in [3.63, 3.8) is 0 Å². The van der Waals surface area contributed by atoms with E-state index < -0.39 is 0 Å². The summed E-state index contributed by atoms with van der Waals surface area (Å²) in [6, 6.07) is 3.48. The predicted octanol–water partition coefficient (Wildman–Crippen LogP) is 2.90. The van der Waals surface area contributed by atoms with Crippen molar-refractivity contribution in [2.75, 3.05) is 5.75 Å². The number of thiophene rings is 1. The first kappa shape index (κ1) is 9.10. The van der Waals surface area contributed by atoms with Gasteiger partial charge in [-0.3, -0.25) is 4.79 Å². The first-order valence-electron chi connectivity index (χ1n) is 3.13. The second-order valence-electron chi connectivity index (χ2n) is 2.00. The molecule has 4 heteroatoms. The lowest BCUT2D eigenvalue weighted by Crippen LogP contribution is -1.95. The van der Waals surface area contributed by atoms with Crippen LogP contribution in [0.2, 0.25) is 4.34 Å². The van der Waals surface area contributed by atoms with Gasteiger partial charge in [-0.05, 0) is 17.9 Å². The quantitative estimate of drug-likeness (QED) is 0.595. The highest BCUT2D eigenvalue weighted by atomic mass is 35.5. The number of carbonyl (C=O) groups is 1. The SMILES string of the molecule is O=C(CCS)c1ccc(Cl)s1. The maximum absolute atomic E-state index is 11.2. The molecule has 0 aliphatic heterocycles. The summed E-state index contributed by atoms with van der Waals surface area (Å²) in [5.74, 6) is 0.714. The summed E-state index contributed by atoms with van der Waals surface area (Å²) in [7, 11) is 0. The molecule has 0 unspecified atom stereocenters. The van der Waals surface area contributed by atoms with Gasteiger partial charge in [0.2, 0.25) is 0 Å². The lowest BCUT2D eigenvalue weighted by molar-refractivity contribution is 0.0993. The largest absolute Gasteiger partial charge is 0.293 e. The zero-order chi connectivity index (χ0) is 8.27. The fourth-order valence-corrected chi connectivity index (χ4v) is 1.90. The van der Waals surface area contributed by atoms with Crippen LogP contribution in [-0.2, 0) is 0 Å². The normalized spacial score (nSPS) is 10.0. The Balaban J connectivity index is 2.69. The van der Waals surface area contributed by atoms with E-state index in [0.29, 0.717) is 16.5 Å². The minimum Gasteiger partial charge on any atom is -0.293 e. The molecule has 0 aromatic carbocycles. The van der Waals surface area contributed by atoms with Crippen LogP contribution in [0.1, 0.15) is 16.1 Å². The predicted molar refractivity (Wildman–Crippen MR) is 52.1 cm³/mol. The Labute approximate surface area is 79.8 Å². The van der Waals surface area contributed by atoms with Gasteiger partial charge in [-0.2, -0.15) is 12.6 Å². The minimum atomic E-state index is 0.122. The second-order valence-corrected chi connectivity index (χ2v) is 4.16. The van der Waals surface area contributed by atoms with E-state index in [1.165, 1.54) is 11.3 Å². The monoisotopic (exact) mass is 206 g/mol.